The number of hydrogen-bond donors (Lipinski definition) is 2. The van der Waals surface area contributed by atoms with Crippen LogP contribution in [0.5, 0.6) is 0 Å². The van der Waals surface area contributed by atoms with Crippen molar-refractivity contribution in [1.82, 2.24) is 14.8 Å². The van der Waals surface area contributed by atoms with E-state index in [1.807, 2.05) is 38.2 Å². The molecule has 1 aromatic carbocycles. The number of hydrogen-bond acceptors (Lipinski definition) is 4. The number of pyridine rings is 1. The number of aryl methyl sites for hydroxylation is 2. The highest BCUT2D eigenvalue weighted by Gasteiger charge is 2.10. The number of carbonyl (C=O) groups is 1. The van der Waals surface area contributed by atoms with Gasteiger partial charge in [0.1, 0.15) is 0 Å². The summed E-state index contributed by atoms with van der Waals surface area (Å²) in [6.07, 6.45) is 5.49. The van der Waals surface area contributed by atoms with Gasteiger partial charge in [-0.15, -0.1) is 0 Å². The SMILES string of the molecule is Cc1cnn(-c2ccc(C(N)=O)cc2NCc2cccnc2C)c1. The van der Waals surface area contributed by atoms with Gasteiger partial charge < -0.3 is 11.1 Å². The molecule has 0 unspecified atom stereocenters. The summed E-state index contributed by atoms with van der Waals surface area (Å²) in [4.78, 5) is 15.8. The average Bonchev–Trinajstić information content (AvgIpc) is 3.00. The van der Waals surface area contributed by atoms with Crippen LogP contribution in [0.15, 0.2) is 48.9 Å². The Morgan fingerprint density at radius 1 is 1.29 bits per heavy atom. The van der Waals surface area contributed by atoms with E-state index < -0.39 is 5.91 Å². The van der Waals surface area contributed by atoms with E-state index in [2.05, 4.69) is 15.4 Å². The summed E-state index contributed by atoms with van der Waals surface area (Å²) in [5, 5.41) is 7.71. The minimum absolute atomic E-state index is 0.452. The molecule has 2 aromatic heterocycles. The van der Waals surface area contributed by atoms with Crippen molar-refractivity contribution in [2.24, 2.45) is 5.73 Å². The standard InChI is InChI=1S/C18H19N5O/c1-12-9-22-23(11-12)17-6-5-14(18(19)24)8-16(17)21-10-15-4-3-7-20-13(15)2/h3-9,11,21H,10H2,1-2H3,(H2,19,24). The summed E-state index contributed by atoms with van der Waals surface area (Å²) in [7, 11) is 0. The number of nitrogens with zero attached hydrogens (tertiary/aromatic N) is 3. The summed E-state index contributed by atoms with van der Waals surface area (Å²) in [6, 6.07) is 9.22. The fourth-order valence-corrected chi connectivity index (χ4v) is 2.47. The third-order valence-corrected chi connectivity index (χ3v) is 3.83. The zero-order valence-corrected chi connectivity index (χ0v) is 13.7. The molecule has 0 spiro atoms. The molecule has 0 saturated heterocycles. The molecule has 3 N–H and O–H groups in total. The molecule has 0 atom stereocenters. The number of nitrogens with one attached hydrogen (secondary N) is 1. The highest BCUT2D eigenvalue weighted by Crippen LogP contribution is 2.23. The van der Waals surface area contributed by atoms with Gasteiger partial charge in [-0.1, -0.05) is 6.07 Å². The maximum absolute atomic E-state index is 11.5. The van der Waals surface area contributed by atoms with E-state index in [0.717, 1.165) is 28.2 Å². The van der Waals surface area contributed by atoms with Crippen molar-refractivity contribution in [2.75, 3.05) is 5.32 Å². The van der Waals surface area contributed by atoms with E-state index in [1.165, 1.54) is 0 Å². The maximum Gasteiger partial charge on any atom is 0.248 e. The first-order chi connectivity index (χ1) is 11.5. The molecule has 2 heterocycles. The van der Waals surface area contributed by atoms with Gasteiger partial charge in [-0.05, 0) is 49.2 Å². The molecule has 3 rings (SSSR count). The largest absolute Gasteiger partial charge is 0.379 e. The van der Waals surface area contributed by atoms with Gasteiger partial charge in [0.2, 0.25) is 5.91 Å². The van der Waals surface area contributed by atoms with Crippen LogP contribution in [0, 0.1) is 13.8 Å². The smallest absolute Gasteiger partial charge is 0.248 e. The molecule has 0 fully saturated rings. The summed E-state index contributed by atoms with van der Waals surface area (Å²) >= 11 is 0. The second kappa shape index (κ2) is 6.54. The summed E-state index contributed by atoms with van der Waals surface area (Å²) in [5.74, 6) is -0.459. The third kappa shape index (κ3) is 3.27. The lowest BCUT2D eigenvalue weighted by Crippen LogP contribution is -2.13. The molecule has 3 aromatic rings. The van der Waals surface area contributed by atoms with Crippen LogP contribution in [0.25, 0.3) is 5.69 Å². The molecule has 0 aliphatic rings. The number of carbonyl (C=O) groups excluding carboxylic acids is 1. The first-order valence-electron chi connectivity index (χ1n) is 7.64. The number of anilines is 1. The predicted octanol–water partition coefficient (Wildman–Crippen LogP) is 2.60. The van der Waals surface area contributed by atoms with E-state index in [0.29, 0.717) is 12.1 Å². The zero-order chi connectivity index (χ0) is 17.1. The van der Waals surface area contributed by atoms with Gasteiger partial charge in [0.25, 0.3) is 0 Å². The van der Waals surface area contributed by atoms with Crippen LogP contribution in [0.4, 0.5) is 5.69 Å². The Morgan fingerprint density at radius 3 is 2.79 bits per heavy atom. The van der Waals surface area contributed by atoms with E-state index in [1.54, 1.807) is 29.2 Å². The molecule has 0 aliphatic heterocycles. The number of amides is 1. The summed E-state index contributed by atoms with van der Waals surface area (Å²) in [5.41, 5.74) is 10.6. The van der Waals surface area contributed by atoms with Gasteiger partial charge in [0.05, 0.1) is 17.6 Å². The molecular weight excluding hydrogens is 302 g/mol. The normalized spacial score (nSPS) is 10.6. The van der Waals surface area contributed by atoms with Gasteiger partial charge in [0, 0.05) is 30.2 Å². The number of rotatable bonds is 5. The molecular formula is C18H19N5O. The second-order valence-electron chi connectivity index (χ2n) is 5.66. The third-order valence-electron chi connectivity index (χ3n) is 3.83. The molecule has 0 aliphatic carbocycles. The van der Waals surface area contributed by atoms with E-state index in [4.69, 9.17) is 5.73 Å². The van der Waals surface area contributed by atoms with Crippen LogP contribution in [0.3, 0.4) is 0 Å². The number of aromatic nitrogens is 3. The van der Waals surface area contributed by atoms with Gasteiger partial charge in [-0.2, -0.15) is 5.10 Å². The Bertz CT molecular complexity index is 885. The summed E-state index contributed by atoms with van der Waals surface area (Å²) < 4.78 is 1.78. The maximum atomic E-state index is 11.5. The van der Waals surface area contributed by atoms with Crippen LogP contribution in [0.1, 0.15) is 27.2 Å². The van der Waals surface area contributed by atoms with Crippen LogP contribution < -0.4 is 11.1 Å². The minimum atomic E-state index is -0.459. The van der Waals surface area contributed by atoms with Crippen molar-refractivity contribution in [3.8, 4) is 5.69 Å². The van der Waals surface area contributed by atoms with Crippen LogP contribution in [-0.4, -0.2) is 20.7 Å². The first kappa shape index (κ1) is 15.7. The van der Waals surface area contributed by atoms with E-state index in [9.17, 15) is 4.79 Å². The van der Waals surface area contributed by atoms with E-state index >= 15 is 0 Å². The van der Waals surface area contributed by atoms with Gasteiger partial charge >= 0.3 is 0 Å². The van der Waals surface area contributed by atoms with Crippen LogP contribution >= 0.6 is 0 Å². The lowest BCUT2D eigenvalue weighted by molar-refractivity contribution is 0.100. The zero-order valence-electron chi connectivity index (χ0n) is 13.7. The van der Waals surface area contributed by atoms with Gasteiger partial charge in [-0.25, -0.2) is 4.68 Å². The Hall–Kier alpha value is -3.15. The Balaban J connectivity index is 1.95. The Kier molecular flexibility index (Phi) is 4.29. The molecule has 0 radical (unpaired) electrons. The average molecular weight is 321 g/mol. The van der Waals surface area contributed by atoms with Crippen molar-refractivity contribution < 1.29 is 4.79 Å². The quantitative estimate of drug-likeness (QED) is 0.756. The molecule has 6 heteroatoms. The molecule has 24 heavy (non-hydrogen) atoms. The van der Waals surface area contributed by atoms with Crippen LogP contribution in [0.2, 0.25) is 0 Å². The molecule has 0 saturated carbocycles. The Labute approximate surface area is 140 Å². The summed E-state index contributed by atoms with van der Waals surface area (Å²) in [6.45, 7) is 4.54. The fourth-order valence-electron chi connectivity index (χ4n) is 2.47. The molecule has 0 bridgehead atoms. The van der Waals surface area contributed by atoms with Gasteiger partial charge in [-0.3, -0.25) is 9.78 Å². The minimum Gasteiger partial charge on any atom is -0.379 e. The second-order valence-corrected chi connectivity index (χ2v) is 5.66. The lowest BCUT2D eigenvalue weighted by Gasteiger charge is -2.14. The molecule has 1 amide bonds. The highest BCUT2D eigenvalue weighted by molar-refractivity contribution is 5.94. The van der Waals surface area contributed by atoms with E-state index in [-0.39, 0.29) is 0 Å². The van der Waals surface area contributed by atoms with Gasteiger partial charge in [0.15, 0.2) is 0 Å². The van der Waals surface area contributed by atoms with Crippen molar-refractivity contribution in [3.05, 3.63) is 71.3 Å². The molecule has 6 nitrogen and oxygen atoms in total. The van der Waals surface area contributed by atoms with Crippen molar-refractivity contribution in [1.29, 1.82) is 0 Å². The Morgan fingerprint density at radius 2 is 2.12 bits per heavy atom. The number of nitrogens with two attached hydrogens (primary N) is 1. The molecule has 122 valence electrons. The topological polar surface area (TPSA) is 85.8 Å². The van der Waals surface area contributed by atoms with Crippen molar-refractivity contribution in [3.63, 3.8) is 0 Å². The van der Waals surface area contributed by atoms with Crippen LogP contribution in [-0.2, 0) is 6.54 Å². The number of benzene rings is 1. The van der Waals surface area contributed by atoms with Crippen molar-refractivity contribution >= 4 is 11.6 Å². The highest BCUT2D eigenvalue weighted by atomic mass is 16.1. The fraction of sp³-hybridized carbons (Fsp3) is 0.167. The predicted molar refractivity (Wildman–Crippen MR) is 93.1 cm³/mol. The van der Waals surface area contributed by atoms with Crippen molar-refractivity contribution in [2.45, 2.75) is 20.4 Å². The first-order valence-corrected chi connectivity index (χ1v) is 7.64. The number of primary amides is 1. The lowest BCUT2D eigenvalue weighted by atomic mass is 10.1. The monoisotopic (exact) mass is 321 g/mol.